The van der Waals surface area contributed by atoms with Gasteiger partial charge in [0.1, 0.15) is 0 Å². The summed E-state index contributed by atoms with van der Waals surface area (Å²) in [6.07, 6.45) is 0. The van der Waals surface area contributed by atoms with E-state index in [-0.39, 0.29) is 0 Å². The second kappa shape index (κ2) is 4.26. The topological polar surface area (TPSA) is 29.9 Å². The lowest BCUT2D eigenvalue weighted by molar-refractivity contribution is 0.763. The fraction of sp³-hybridized carbons (Fsp3) is 0.136. The molecule has 0 fully saturated rings. The number of anilines is 1. The molecule has 6 aromatic rings. The Balaban J connectivity index is 1.92. The molecule has 4 heterocycles. The van der Waals surface area contributed by atoms with E-state index in [1.807, 2.05) is 0 Å². The number of hydrogen-bond donors (Lipinski definition) is 0. The van der Waals surface area contributed by atoms with E-state index in [0.29, 0.717) is 0 Å². The number of rotatable bonds is 0. The molecule has 3 aromatic carbocycles. The van der Waals surface area contributed by atoms with Gasteiger partial charge in [0.2, 0.25) is 5.78 Å². The summed E-state index contributed by atoms with van der Waals surface area (Å²) in [5, 5.41) is 0. The van der Waals surface area contributed by atoms with Gasteiger partial charge in [-0.1, -0.05) is 24.3 Å². The number of aryl methyl sites for hydroxylation is 1. The van der Waals surface area contributed by atoms with Gasteiger partial charge in [0.05, 0.1) is 51.0 Å². The quantitative estimate of drug-likeness (QED) is 0.375. The van der Waals surface area contributed by atoms with E-state index >= 15 is 0 Å². The van der Waals surface area contributed by atoms with Crippen molar-refractivity contribution in [3.05, 3.63) is 60.2 Å². The number of para-hydroxylation sites is 3. The van der Waals surface area contributed by atoms with Gasteiger partial charge in [-0.25, -0.2) is 4.98 Å². The van der Waals surface area contributed by atoms with Gasteiger partial charge in [0.15, 0.2) is 0 Å². The van der Waals surface area contributed by atoms with E-state index in [4.69, 9.17) is 4.98 Å². The molecule has 5 heteroatoms. The molecule has 0 atom stereocenters. The second-order valence-corrected chi connectivity index (χ2v) is 7.58. The zero-order chi connectivity index (χ0) is 17.9. The molecule has 0 radical (unpaired) electrons. The van der Waals surface area contributed by atoms with Gasteiger partial charge in [-0.2, -0.15) is 0 Å². The van der Waals surface area contributed by atoms with Crippen molar-refractivity contribution < 1.29 is 0 Å². The van der Waals surface area contributed by atoms with Gasteiger partial charge < -0.3 is 9.47 Å². The monoisotopic (exact) mass is 351 g/mol. The molecule has 1 aliphatic rings. The van der Waals surface area contributed by atoms with E-state index in [2.05, 4.69) is 86.8 Å². The molecule has 0 saturated heterocycles. The van der Waals surface area contributed by atoms with Crippen molar-refractivity contribution in [1.29, 1.82) is 0 Å². The van der Waals surface area contributed by atoms with Crippen molar-refractivity contribution in [2.75, 3.05) is 11.9 Å². The molecule has 3 aromatic heterocycles. The minimum absolute atomic E-state index is 0.876. The predicted molar refractivity (Wildman–Crippen MR) is 110 cm³/mol. The van der Waals surface area contributed by atoms with E-state index in [0.717, 1.165) is 23.5 Å². The van der Waals surface area contributed by atoms with Crippen LogP contribution in [0.5, 0.6) is 0 Å². The van der Waals surface area contributed by atoms with Gasteiger partial charge in [-0.05, 0) is 42.8 Å². The first kappa shape index (κ1) is 13.7. The van der Waals surface area contributed by atoms with Crippen molar-refractivity contribution in [3.8, 4) is 0 Å². The maximum absolute atomic E-state index is 5.01. The lowest BCUT2D eigenvalue weighted by atomic mass is 10.1. The number of aromatic nitrogens is 4. The number of nitrogens with zero attached hydrogens (tertiary/aromatic N) is 5. The summed E-state index contributed by atoms with van der Waals surface area (Å²) in [4.78, 5) is 7.34. The number of benzene rings is 3. The highest BCUT2D eigenvalue weighted by Crippen LogP contribution is 2.40. The fourth-order valence-corrected chi connectivity index (χ4v) is 4.97. The van der Waals surface area contributed by atoms with Gasteiger partial charge in [-0.15, -0.1) is 0 Å². The number of imidazole rings is 2. The van der Waals surface area contributed by atoms with Crippen LogP contribution in [0.25, 0.3) is 44.4 Å². The molecule has 27 heavy (non-hydrogen) atoms. The SMILES string of the molecule is Cc1ccc2c3c1n1c4c(cccc4n3c3nc4ccccc4n23)N(C)C1. The summed E-state index contributed by atoms with van der Waals surface area (Å²) in [7, 11) is 2.16. The third-order valence-electron chi connectivity index (χ3n) is 6.08. The third-order valence-corrected chi connectivity index (χ3v) is 6.08. The Labute approximate surface area is 154 Å². The van der Waals surface area contributed by atoms with E-state index in [1.54, 1.807) is 0 Å². The molecule has 0 N–H and O–H groups in total. The first-order valence-electron chi connectivity index (χ1n) is 9.27. The maximum Gasteiger partial charge on any atom is 0.220 e. The Morgan fingerprint density at radius 2 is 1.59 bits per heavy atom. The van der Waals surface area contributed by atoms with Crippen molar-refractivity contribution >= 4 is 50.1 Å². The maximum atomic E-state index is 5.01. The summed E-state index contributed by atoms with van der Waals surface area (Å²) in [6.45, 7) is 3.08. The van der Waals surface area contributed by atoms with Crippen LogP contribution < -0.4 is 4.90 Å². The molecule has 0 spiro atoms. The highest BCUT2D eigenvalue weighted by molar-refractivity contribution is 6.07. The first-order chi connectivity index (χ1) is 13.2. The molecule has 0 unspecified atom stereocenters. The van der Waals surface area contributed by atoms with Crippen molar-refractivity contribution in [2.24, 2.45) is 0 Å². The minimum Gasteiger partial charge on any atom is -0.355 e. The largest absolute Gasteiger partial charge is 0.355 e. The molecule has 5 nitrogen and oxygen atoms in total. The smallest absolute Gasteiger partial charge is 0.220 e. The zero-order valence-corrected chi connectivity index (χ0v) is 15.1. The van der Waals surface area contributed by atoms with E-state index in [1.165, 1.54) is 38.8 Å². The molecular formula is C22H17N5. The average Bonchev–Trinajstić information content (AvgIpc) is 3.31. The Morgan fingerprint density at radius 3 is 2.52 bits per heavy atom. The molecule has 130 valence electrons. The van der Waals surface area contributed by atoms with Crippen molar-refractivity contribution in [2.45, 2.75) is 13.6 Å². The molecule has 0 bridgehead atoms. The Hall–Kier alpha value is -3.47. The summed E-state index contributed by atoms with van der Waals surface area (Å²) < 4.78 is 7.12. The lowest BCUT2D eigenvalue weighted by Crippen LogP contribution is -2.14. The van der Waals surface area contributed by atoms with Gasteiger partial charge in [0, 0.05) is 7.05 Å². The van der Waals surface area contributed by atoms with Gasteiger partial charge in [-0.3, -0.25) is 8.80 Å². The number of fused-ring (bicyclic) bond motifs is 7. The van der Waals surface area contributed by atoms with Crippen LogP contribution in [-0.2, 0) is 6.67 Å². The van der Waals surface area contributed by atoms with Crippen molar-refractivity contribution in [1.82, 2.24) is 18.4 Å². The lowest BCUT2D eigenvalue weighted by Gasteiger charge is -2.14. The molecule has 7 rings (SSSR count). The Bertz CT molecular complexity index is 1580. The highest BCUT2D eigenvalue weighted by Gasteiger charge is 2.26. The van der Waals surface area contributed by atoms with Crippen LogP contribution in [0.3, 0.4) is 0 Å². The standard InChI is InChI=1S/C22H17N5/c1-13-10-11-18-21-19(13)25-12-24(2)16-8-5-9-17(20(16)25)27(21)22-23-14-6-3-4-7-15(14)26(18)22/h3-11H,12H2,1-2H3. The van der Waals surface area contributed by atoms with Gasteiger partial charge in [0.25, 0.3) is 0 Å². The summed E-state index contributed by atoms with van der Waals surface area (Å²) in [6, 6.07) is 19.4. The Kier molecular flexibility index (Phi) is 2.16. The Morgan fingerprint density at radius 1 is 0.778 bits per heavy atom. The minimum atomic E-state index is 0.876. The van der Waals surface area contributed by atoms with Crippen LogP contribution in [0, 0.1) is 6.92 Å². The third kappa shape index (κ3) is 1.39. The van der Waals surface area contributed by atoms with Crippen LogP contribution >= 0.6 is 0 Å². The average molecular weight is 351 g/mol. The van der Waals surface area contributed by atoms with E-state index in [9.17, 15) is 0 Å². The number of hydrogen-bond acceptors (Lipinski definition) is 2. The van der Waals surface area contributed by atoms with Gasteiger partial charge >= 0.3 is 0 Å². The first-order valence-corrected chi connectivity index (χ1v) is 9.27. The van der Waals surface area contributed by atoms with Crippen LogP contribution in [0.4, 0.5) is 5.69 Å². The highest BCUT2D eigenvalue weighted by atomic mass is 15.3. The fourth-order valence-electron chi connectivity index (χ4n) is 4.97. The van der Waals surface area contributed by atoms with Crippen LogP contribution in [0.15, 0.2) is 54.6 Å². The molecule has 0 amide bonds. The second-order valence-electron chi connectivity index (χ2n) is 7.58. The summed E-state index contributed by atoms with van der Waals surface area (Å²) >= 11 is 0. The van der Waals surface area contributed by atoms with Crippen molar-refractivity contribution in [3.63, 3.8) is 0 Å². The zero-order valence-electron chi connectivity index (χ0n) is 15.1. The molecule has 0 saturated carbocycles. The molecule has 0 aliphatic carbocycles. The van der Waals surface area contributed by atoms with Crippen LogP contribution in [-0.4, -0.2) is 25.4 Å². The van der Waals surface area contributed by atoms with E-state index < -0.39 is 0 Å². The summed E-state index contributed by atoms with van der Waals surface area (Å²) in [5.41, 5.74) is 11.0. The molecular weight excluding hydrogens is 334 g/mol. The summed E-state index contributed by atoms with van der Waals surface area (Å²) in [5.74, 6) is 0.987. The normalized spacial score (nSPS) is 14.1. The molecule has 1 aliphatic heterocycles. The predicted octanol–water partition coefficient (Wildman–Crippen LogP) is 4.56. The van der Waals surface area contributed by atoms with Crippen LogP contribution in [0.1, 0.15) is 5.56 Å². The van der Waals surface area contributed by atoms with Crippen LogP contribution in [0.2, 0.25) is 0 Å².